The van der Waals surface area contributed by atoms with E-state index >= 15 is 0 Å². The Bertz CT molecular complexity index is 383. The van der Waals surface area contributed by atoms with Crippen LogP contribution >= 0.6 is 0 Å². The second kappa shape index (κ2) is 7.01. The van der Waals surface area contributed by atoms with Crippen LogP contribution in [0.2, 0.25) is 0 Å². The standard InChI is InChI=1S/C16H27N3/c1-13(2)11-19(16-8-3-4-9-16)12-15-7-5-6-14(10-17)18-15/h5-7,13,16H,3-4,8-12,17H2,1-2H3. The molecule has 2 N–H and O–H groups in total. The lowest BCUT2D eigenvalue weighted by atomic mass is 10.1. The van der Waals surface area contributed by atoms with Gasteiger partial charge in [0.2, 0.25) is 0 Å². The second-order valence-electron chi connectivity index (χ2n) is 6.09. The predicted molar refractivity (Wildman–Crippen MR) is 79.6 cm³/mol. The molecule has 1 aromatic heterocycles. The molecule has 1 aliphatic rings. The highest BCUT2D eigenvalue weighted by atomic mass is 15.2. The van der Waals surface area contributed by atoms with Crippen LogP contribution in [0.15, 0.2) is 18.2 Å². The van der Waals surface area contributed by atoms with Crippen molar-refractivity contribution in [2.24, 2.45) is 11.7 Å². The first kappa shape index (κ1) is 14.5. The molecule has 1 heterocycles. The monoisotopic (exact) mass is 261 g/mol. The highest BCUT2D eigenvalue weighted by Gasteiger charge is 2.23. The van der Waals surface area contributed by atoms with E-state index in [0.29, 0.717) is 12.5 Å². The summed E-state index contributed by atoms with van der Waals surface area (Å²) < 4.78 is 0. The molecule has 1 fully saturated rings. The van der Waals surface area contributed by atoms with Crippen molar-refractivity contribution in [3.05, 3.63) is 29.6 Å². The molecule has 0 unspecified atom stereocenters. The molecule has 0 aromatic carbocycles. The maximum Gasteiger partial charge on any atom is 0.0547 e. The number of aromatic nitrogens is 1. The van der Waals surface area contributed by atoms with Gasteiger partial charge in [0.1, 0.15) is 0 Å². The van der Waals surface area contributed by atoms with Gasteiger partial charge in [-0.3, -0.25) is 9.88 Å². The average Bonchev–Trinajstić information content (AvgIpc) is 2.91. The lowest BCUT2D eigenvalue weighted by Crippen LogP contribution is -2.36. The van der Waals surface area contributed by atoms with Crippen molar-refractivity contribution < 1.29 is 0 Å². The lowest BCUT2D eigenvalue weighted by Gasteiger charge is -2.30. The first-order valence-electron chi connectivity index (χ1n) is 7.58. The van der Waals surface area contributed by atoms with Crippen LogP contribution in [0, 0.1) is 5.92 Å². The third kappa shape index (κ3) is 4.29. The van der Waals surface area contributed by atoms with E-state index in [-0.39, 0.29) is 0 Å². The maximum atomic E-state index is 5.68. The Labute approximate surface area is 117 Å². The van der Waals surface area contributed by atoms with Crippen LogP contribution in [0.1, 0.15) is 50.9 Å². The van der Waals surface area contributed by atoms with Crippen molar-refractivity contribution >= 4 is 0 Å². The minimum atomic E-state index is 0.529. The molecule has 1 aromatic rings. The Hall–Kier alpha value is -0.930. The fraction of sp³-hybridized carbons (Fsp3) is 0.688. The molecule has 19 heavy (non-hydrogen) atoms. The van der Waals surface area contributed by atoms with Crippen LogP contribution in [-0.4, -0.2) is 22.5 Å². The summed E-state index contributed by atoms with van der Waals surface area (Å²) in [5, 5.41) is 0. The van der Waals surface area contributed by atoms with Gasteiger partial charge in [0.05, 0.1) is 11.4 Å². The molecule has 1 aliphatic carbocycles. The Morgan fingerprint density at radius 3 is 2.58 bits per heavy atom. The number of pyridine rings is 1. The molecule has 1 saturated carbocycles. The second-order valence-corrected chi connectivity index (χ2v) is 6.09. The van der Waals surface area contributed by atoms with Crippen molar-refractivity contribution in [1.82, 2.24) is 9.88 Å². The van der Waals surface area contributed by atoms with Gasteiger partial charge in [-0.05, 0) is 30.9 Å². The molecule has 2 rings (SSSR count). The van der Waals surface area contributed by atoms with E-state index in [4.69, 9.17) is 5.73 Å². The quantitative estimate of drug-likeness (QED) is 0.856. The number of nitrogens with two attached hydrogens (primary N) is 1. The van der Waals surface area contributed by atoms with Crippen molar-refractivity contribution in [1.29, 1.82) is 0 Å². The third-order valence-electron chi connectivity index (χ3n) is 3.88. The van der Waals surface area contributed by atoms with Crippen LogP contribution in [-0.2, 0) is 13.1 Å². The van der Waals surface area contributed by atoms with Gasteiger partial charge in [-0.25, -0.2) is 0 Å². The van der Waals surface area contributed by atoms with Crippen LogP contribution < -0.4 is 5.73 Å². The van der Waals surface area contributed by atoms with Gasteiger partial charge in [-0.2, -0.15) is 0 Å². The fourth-order valence-corrected chi connectivity index (χ4v) is 3.02. The minimum absolute atomic E-state index is 0.529. The molecule has 3 nitrogen and oxygen atoms in total. The molecule has 106 valence electrons. The fourth-order valence-electron chi connectivity index (χ4n) is 3.02. The van der Waals surface area contributed by atoms with Gasteiger partial charge in [-0.1, -0.05) is 32.8 Å². The minimum Gasteiger partial charge on any atom is -0.325 e. The van der Waals surface area contributed by atoms with Crippen molar-refractivity contribution in [3.63, 3.8) is 0 Å². The summed E-state index contributed by atoms with van der Waals surface area (Å²) >= 11 is 0. The average molecular weight is 261 g/mol. The van der Waals surface area contributed by atoms with Gasteiger partial charge >= 0.3 is 0 Å². The van der Waals surface area contributed by atoms with E-state index in [1.165, 1.54) is 32.2 Å². The van der Waals surface area contributed by atoms with Crippen molar-refractivity contribution in [2.45, 2.75) is 58.7 Å². The van der Waals surface area contributed by atoms with E-state index < -0.39 is 0 Å². The van der Waals surface area contributed by atoms with Crippen LogP contribution in [0.25, 0.3) is 0 Å². The molecule has 0 radical (unpaired) electrons. The highest BCUT2D eigenvalue weighted by Crippen LogP contribution is 2.25. The zero-order valence-electron chi connectivity index (χ0n) is 12.3. The smallest absolute Gasteiger partial charge is 0.0547 e. The van der Waals surface area contributed by atoms with Crippen LogP contribution in [0.4, 0.5) is 0 Å². The number of hydrogen-bond donors (Lipinski definition) is 1. The predicted octanol–water partition coefficient (Wildman–Crippen LogP) is 2.94. The zero-order chi connectivity index (χ0) is 13.7. The van der Waals surface area contributed by atoms with Gasteiger partial charge in [0.25, 0.3) is 0 Å². The number of nitrogens with zero attached hydrogens (tertiary/aromatic N) is 2. The first-order chi connectivity index (χ1) is 9.19. The summed E-state index contributed by atoms with van der Waals surface area (Å²) in [4.78, 5) is 7.27. The molecular weight excluding hydrogens is 234 g/mol. The van der Waals surface area contributed by atoms with Crippen molar-refractivity contribution in [2.75, 3.05) is 6.54 Å². The van der Waals surface area contributed by atoms with E-state index in [0.717, 1.165) is 24.0 Å². The summed E-state index contributed by atoms with van der Waals surface area (Å²) in [6, 6.07) is 6.96. The van der Waals surface area contributed by atoms with Crippen molar-refractivity contribution in [3.8, 4) is 0 Å². The molecule has 0 aliphatic heterocycles. The highest BCUT2D eigenvalue weighted by molar-refractivity contribution is 5.11. The third-order valence-corrected chi connectivity index (χ3v) is 3.88. The maximum absolute atomic E-state index is 5.68. The molecule has 3 heteroatoms. The normalized spacial score (nSPS) is 16.7. The summed E-state index contributed by atoms with van der Waals surface area (Å²) in [6.45, 7) is 7.26. The zero-order valence-corrected chi connectivity index (χ0v) is 12.3. The van der Waals surface area contributed by atoms with Crippen LogP contribution in [0.5, 0.6) is 0 Å². The Balaban J connectivity index is 2.05. The van der Waals surface area contributed by atoms with Crippen LogP contribution in [0.3, 0.4) is 0 Å². The number of hydrogen-bond acceptors (Lipinski definition) is 3. The molecule has 0 amide bonds. The molecule has 0 spiro atoms. The van der Waals surface area contributed by atoms with Gasteiger partial charge in [0, 0.05) is 25.7 Å². The Morgan fingerprint density at radius 1 is 1.26 bits per heavy atom. The van der Waals surface area contributed by atoms with Gasteiger partial charge in [-0.15, -0.1) is 0 Å². The van der Waals surface area contributed by atoms with E-state index in [9.17, 15) is 0 Å². The van der Waals surface area contributed by atoms with Gasteiger partial charge < -0.3 is 5.73 Å². The molecule has 0 atom stereocenters. The summed E-state index contributed by atoms with van der Waals surface area (Å²) in [6.07, 6.45) is 5.47. The number of rotatable bonds is 6. The van der Waals surface area contributed by atoms with E-state index in [1.54, 1.807) is 0 Å². The Morgan fingerprint density at radius 2 is 1.95 bits per heavy atom. The summed E-state index contributed by atoms with van der Waals surface area (Å²) in [5.74, 6) is 0.707. The lowest BCUT2D eigenvalue weighted by molar-refractivity contribution is 0.166. The first-order valence-corrected chi connectivity index (χ1v) is 7.58. The van der Waals surface area contributed by atoms with E-state index in [2.05, 4.69) is 35.9 Å². The molecular formula is C16H27N3. The molecule has 0 bridgehead atoms. The Kier molecular flexibility index (Phi) is 5.34. The summed E-state index contributed by atoms with van der Waals surface area (Å²) in [7, 11) is 0. The largest absolute Gasteiger partial charge is 0.325 e. The van der Waals surface area contributed by atoms with E-state index in [1.807, 2.05) is 6.07 Å². The SMILES string of the molecule is CC(C)CN(Cc1cccc(CN)n1)C1CCCC1. The van der Waals surface area contributed by atoms with Gasteiger partial charge in [0.15, 0.2) is 0 Å². The topological polar surface area (TPSA) is 42.1 Å². The molecule has 0 saturated heterocycles. The summed E-state index contributed by atoms with van der Waals surface area (Å²) in [5.41, 5.74) is 7.83.